The Kier molecular flexibility index (Phi) is 5.87. The monoisotopic (exact) mass is 451 g/mol. The van der Waals surface area contributed by atoms with Crippen LogP contribution in [-0.4, -0.2) is 28.1 Å². The van der Waals surface area contributed by atoms with Crippen molar-refractivity contribution in [1.82, 2.24) is 10.1 Å². The van der Waals surface area contributed by atoms with E-state index in [1.807, 2.05) is 31.2 Å². The number of ether oxygens (including phenoxy) is 1. The average Bonchev–Trinajstić information content (AvgIpc) is 3.16. The first-order valence-electron chi connectivity index (χ1n) is 10.0. The Bertz CT molecular complexity index is 1370. The molecule has 9 heteroatoms. The van der Waals surface area contributed by atoms with Gasteiger partial charge in [-0.25, -0.2) is 18.6 Å². The zero-order valence-corrected chi connectivity index (χ0v) is 18.0. The summed E-state index contributed by atoms with van der Waals surface area (Å²) in [5.41, 5.74) is 2.61. The number of halogens is 2. The highest BCUT2D eigenvalue weighted by molar-refractivity contribution is 6.05. The normalized spacial score (nSPS) is 11.9. The Labute approximate surface area is 187 Å². The van der Waals surface area contributed by atoms with E-state index in [2.05, 4.69) is 15.5 Å². The number of esters is 1. The summed E-state index contributed by atoms with van der Waals surface area (Å²) in [7, 11) is 0. The van der Waals surface area contributed by atoms with Gasteiger partial charge in [0.15, 0.2) is 6.10 Å². The van der Waals surface area contributed by atoms with Crippen molar-refractivity contribution < 1.29 is 27.6 Å². The number of aryl methyl sites for hydroxylation is 2. The van der Waals surface area contributed by atoms with Crippen LogP contribution in [0.25, 0.3) is 22.4 Å². The van der Waals surface area contributed by atoms with Crippen molar-refractivity contribution in [2.45, 2.75) is 26.9 Å². The van der Waals surface area contributed by atoms with E-state index in [4.69, 9.17) is 9.26 Å². The molecule has 4 rings (SSSR count). The molecule has 2 aromatic carbocycles. The topological polar surface area (TPSA) is 94.3 Å². The zero-order valence-electron chi connectivity index (χ0n) is 18.0. The summed E-state index contributed by atoms with van der Waals surface area (Å²) in [5, 5.41) is 6.45. The van der Waals surface area contributed by atoms with E-state index in [0.29, 0.717) is 16.8 Å². The number of carbonyl (C=O) groups excluding carboxylic acids is 2. The van der Waals surface area contributed by atoms with Crippen molar-refractivity contribution in [3.8, 4) is 11.3 Å². The van der Waals surface area contributed by atoms with Gasteiger partial charge in [-0.15, -0.1) is 0 Å². The van der Waals surface area contributed by atoms with Crippen LogP contribution in [0, 0.1) is 25.5 Å². The Balaban J connectivity index is 1.61. The first-order valence-corrected chi connectivity index (χ1v) is 10.0. The van der Waals surface area contributed by atoms with E-state index in [1.54, 1.807) is 6.92 Å². The number of fused-ring (bicyclic) bond motifs is 1. The molecule has 1 atom stereocenters. The number of carbonyl (C=O) groups is 2. The van der Waals surface area contributed by atoms with Crippen LogP contribution in [0.5, 0.6) is 0 Å². The highest BCUT2D eigenvalue weighted by Crippen LogP contribution is 2.28. The van der Waals surface area contributed by atoms with Crippen molar-refractivity contribution in [3.63, 3.8) is 0 Å². The summed E-state index contributed by atoms with van der Waals surface area (Å²) in [5.74, 6) is -3.17. The van der Waals surface area contributed by atoms with Crippen LogP contribution in [0.3, 0.4) is 0 Å². The number of benzene rings is 2. The molecule has 7 nitrogen and oxygen atoms in total. The fourth-order valence-electron chi connectivity index (χ4n) is 3.23. The fourth-order valence-corrected chi connectivity index (χ4v) is 3.23. The highest BCUT2D eigenvalue weighted by atomic mass is 19.1. The molecule has 0 aliphatic heterocycles. The summed E-state index contributed by atoms with van der Waals surface area (Å²) in [6, 6.07) is 11.7. The minimum Gasteiger partial charge on any atom is -0.449 e. The smallest absolute Gasteiger partial charge is 0.339 e. The molecule has 1 amide bonds. The summed E-state index contributed by atoms with van der Waals surface area (Å²) in [4.78, 5) is 29.9. The second-order valence-corrected chi connectivity index (χ2v) is 7.53. The maximum Gasteiger partial charge on any atom is 0.339 e. The summed E-state index contributed by atoms with van der Waals surface area (Å²) in [6.07, 6.45) is -1.30. The molecule has 0 aliphatic rings. The van der Waals surface area contributed by atoms with Crippen molar-refractivity contribution in [3.05, 3.63) is 77.0 Å². The predicted octanol–water partition coefficient (Wildman–Crippen LogP) is 4.97. The molecule has 0 spiro atoms. The number of anilines is 1. The van der Waals surface area contributed by atoms with Gasteiger partial charge in [0, 0.05) is 11.6 Å². The fraction of sp³-hybridized carbons (Fsp3) is 0.167. The second-order valence-electron chi connectivity index (χ2n) is 7.53. The lowest BCUT2D eigenvalue weighted by molar-refractivity contribution is -0.123. The SMILES string of the molecule is Cc1ccc(-c2cc(C(=O)OC(C)C(=O)Nc3cc(F)ccc3F)c3c(C)noc3n2)cc1. The zero-order chi connectivity index (χ0) is 23.7. The van der Waals surface area contributed by atoms with Gasteiger partial charge >= 0.3 is 5.97 Å². The minimum absolute atomic E-state index is 0.117. The Morgan fingerprint density at radius 3 is 2.52 bits per heavy atom. The van der Waals surface area contributed by atoms with Gasteiger partial charge in [0.25, 0.3) is 11.6 Å². The first-order chi connectivity index (χ1) is 15.7. The number of pyridine rings is 1. The maximum atomic E-state index is 13.8. The second kappa shape index (κ2) is 8.78. The van der Waals surface area contributed by atoms with Crippen LogP contribution in [0.15, 0.2) is 53.1 Å². The molecule has 0 saturated heterocycles. The van der Waals surface area contributed by atoms with Gasteiger partial charge in [-0.1, -0.05) is 35.0 Å². The molecule has 1 unspecified atom stereocenters. The third kappa shape index (κ3) is 4.57. The Morgan fingerprint density at radius 1 is 1.06 bits per heavy atom. The predicted molar refractivity (Wildman–Crippen MR) is 117 cm³/mol. The summed E-state index contributed by atoms with van der Waals surface area (Å²) < 4.78 is 37.8. The lowest BCUT2D eigenvalue weighted by Gasteiger charge is -2.15. The van der Waals surface area contributed by atoms with Gasteiger partial charge in [0.1, 0.15) is 11.6 Å². The molecule has 2 heterocycles. The molecule has 0 bridgehead atoms. The summed E-state index contributed by atoms with van der Waals surface area (Å²) >= 11 is 0. The van der Waals surface area contributed by atoms with Crippen molar-refractivity contribution in [1.29, 1.82) is 0 Å². The highest BCUT2D eigenvalue weighted by Gasteiger charge is 2.25. The molecule has 0 radical (unpaired) electrons. The molecule has 0 fully saturated rings. The molecule has 168 valence electrons. The molecular weight excluding hydrogens is 432 g/mol. The van der Waals surface area contributed by atoms with Crippen LogP contribution >= 0.6 is 0 Å². The van der Waals surface area contributed by atoms with Crippen LogP contribution in [-0.2, 0) is 9.53 Å². The van der Waals surface area contributed by atoms with Crippen LogP contribution in [0.4, 0.5) is 14.5 Å². The number of hydrogen-bond acceptors (Lipinski definition) is 6. The van der Waals surface area contributed by atoms with Crippen molar-refractivity contribution >= 4 is 28.7 Å². The molecule has 0 aliphatic carbocycles. The van der Waals surface area contributed by atoms with E-state index >= 15 is 0 Å². The van der Waals surface area contributed by atoms with E-state index in [1.165, 1.54) is 13.0 Å². The number of nitrogens with zero attached hydrogens (tertiary/aromatic N) is 2. The number of amides is 1. The van der Waals surface area contributed by atoms with Gasteiger partial charge < -0.3 is 14.6 Å². The first kappa shape index (κ1) is 22.1. The van der Waals surface area contributed by atoms with E-state index in [9.17, 15) is 18.4 Å². The number of aromatic nitrogens is 2. The van der Waals surface area contributed by atoms with E-state index < -0.39 is 29.6 Å². The van der Waals surface area contributed by atoms with Crippen LogP contribution in [0.1, 0.15) is 28.5 Å². The lowest BCUT2D eigenvalue weighted by atomic mass is 10.0. The Morgan fingerprint density at radius 2 is 1.79 bits per heavy atom. The van der Waals surface area contributed by atoms with Crippen LogP contribution < -0.4 is 5.32 Å². The van der Waals surface area contributed by atoms with E-state index in [0.717, 1.165) is 29.3 Å². The van der Waals surface area contributed by atoms with Gasteiger partial charge in [0.2, 0.25) is 0 Å². The molecule has 1 N–H and O–H groups in total. The Hall–Kier alpha value is -4.14. The van der Waals surface area contributed by atoms with Gasteiger partial charge in [-0.3, -0.25) is 4.79 Å². The average molecular weight is 451 g/mol. The van der Waals surface area contributed by atoms with Gasteiger partial charge in [-0.2, -0.15) is 0 Å². The third-order valence-electron chi connectivity index (χ3n) is 5.02. The standard InChI is InChI=1S/C24H19F2N3O4/c1-12-4-6-15(7-5-12)19-11-17(21-13(2)29-33-23(21)28-19)24(31)32-14(3)22(30)27-20-10-16(25)8-9-18(20)26/h4-11,14H,1-3H3,(H,27,30). The molecular formula is C24H19F2N3O4. The van der Waals surface area contributed by atoms with Gasteiger partial charge in [0.05, 0.1) is 28.0 Å². The number of nitrogens with one attached hydrogen (secondary N) is 1. The maximum absolute atomic E-state index is 13.8. The van der Waals surface area contributed by atoms with Crippen LogP contribution in [0.2, 0.25) is 0 Å². The van der Waals surface area contributed by atoms with Gasteiger partial charge in [-0.05, 0) is 39.0 Å². The molecule has 0 saturated carbocycles. The minimum atomic E-state index is -1.30. The quantitative estimate of drug-likeness (QED) is 0.431. The molecule has 2 aromatic heterocycles. The third-order valence-corrected chi connectivity index (χ3v) is 5.02. The largest absolute Gasteiger partial charge is 0.449 e. The number of rotatable bonds is 5. The van der Waals surface area contributed by atoms with Crippen molar-refractivity contribution in [2.24, 2.45) is 0 Å². The van der Waals surface area contributed by atoms with E-state index in [-0.39, 0.29) is 17.0 Å². The number of hydrogen-bond donors (Lipinski definition) is 1. The van der Waals surface area contributed by atoms with Crippen molar-refractivity contribution in [2.75, 3.05) is 5.32 Å². The molecule has 4 aromatic rings. The summed E-state index contributed by atoms with van der Waals surface area (Å²) in [6.45, 7) is 4.92. The molecule has 33 heavy (non-hydrogen) atoms. The lowest BCUT2D eigenvalue weighted by Crippen LogP contribution is -2.30.